The van der Waals surface area contributed by atoms with Gasteiger partial charge < -0.3 is 10.0 Å². The van der Waals surface area contributed by atoms with Crippen molar-refractivity contribution in [2.45, 2.75) is 32.3 Å². The van der Waals surface area contributed by atoms with Gasteiger partial charge in [0.25, 0.3) is 0 Å². The van der Waals surface area contributed by atoms with Crippen LogP contribution in [0.15, 0.2) is 12.2 Å². The number of allylic oxidation sites excluding steroid dienone is 2. The van der Waals surface area contributed by atoms with Crippen LogP contribution in [-0.2, 0) is 4.79 Å². The molecule has 3 nitrogen and oxygen atoms in total. The fourth-order valence-corrected chi connectivity index (χ4v) is 2.33. The van der Waals surface area contributed by atoms with Crippen LogP contribution in [-0.4, -0.2) is 35.1 Å². The predicted molar refractivity (Wildman–Crippen MR) is 58.2 cm³/mol. The molecule has 2 rings (SSSR count). The molecule has 0 saturated carbocycles. The molecule has 1 amide bonds. The van der Waals surface area contributed by atoms with Gasteiger partial charge in [-0.1, -0.05) is 19.1 Å². The van der Waals surface area contributed by atoms with Crippen LogP contribution in [0.5, 0.6) is 0 Å². The van der Waals surface area contributed by atoms with Crippen molar-refractivity contribution in [2.24, 2.45) is 11.8 Å². The quantitative estimate of drug-likeness (QED) is 0.659. The van der Waals surface area contributed by atoms with Gasteiger partial charge in [0, 0.05) is 19.0 Å². The molecule has 2 aliphatic rings. The Morgan fingerprint density at radius 1 is 1.40 bits per heavy atom. The van der Waals surface area contributed by atoms with Crippen LogP contribution in [0.25, 0.3) is 0 Å². The Hall–Kier alpha value is -0.830. The number of piperidine rings is 1. The number of hydrogen-bond donors (Lipinski definition) is 1. The molecule has 1 aliphatic heterocycles. The number of hydrogen-bond acceptors (Lipinski definition) is 2. The maximum atomic E-state index is 12.0. The number of likely N-dealkylation sites (tertiary alicyclic amines) is 1. The average Bonchev–Trinajstić information content (AvgIpc) is 2.74. The number of rotatable bonds is 1. The van der Waals surface area contributed by atoms with Crippen LogP contribution < -0.4 is 0 Å². The highest BCUT2D eigenvalue weighted by atomic mass is 16.3. The molecule has 0 aromatic carbocycles. The summed E-state index contributed by atoms with van der Waals surface area (Å²) in [6.07, 6.45) is 6.49. The first kappa shape index (κ1) is 10.7. The maximum absolute atomic E-state index is 12.0. The van der Waals surface area contributed by atoms with Crippen molar-refractivity contribution >= 4 is 5.91 Å². The molecular weight excluding hydrogens is 190 g/mol. The minimum atomic E-state index is -0.336. The molecule has 1 fully saturated rings. The number of nitrogens with zero attached hydrogens (tertiary/aromatic N) is 1. The highest BCUT2D eigenvalue weighted by Gasteiger charge is 2.31. The monoisotopic (exact) mass is 209 g/mol. The Bertz CT molecular complexity index is 267. The van der Waals surface area contributed by atoms with Crippen LogP contribution in [0.2, 0.25) is 0 Å². The van der Waals surface area contributed by atoms with E-state index in [1.807, 2.05) is 11.8 Å². The maximum Gasteiger partial charge on any atom is 0.226 e. The largest absolute Gasteiger partial charge is 0.391 e. The molecule has 1 aliphatic carbocycles. The lowest BCUT2D eigenvalue weighted by molar-refractivity contribution is -0.139. The van der Waals surface area contributed by atoms with Gasteiger partial charge in [0.1, 0.15) is 0 Å². The molecule has 1 heterocycles. The van der Waals surface area contributed by atoms with Gasteiger partial charge in [0.2, 0.25) is 5.91 Å². The Balaban J connectivity index is 1.91. The zero-order valence-electron chi connectivity index (χ0n) is 9.22. The zero-order valence-corrected chi connectivity index (χ0v) is 9.22. The van der Waals surface area contributed by atoms with Crippen molar-refractivity contribution in [3.05, 3.63) is 12.2 Å². The minimum Gasteiger partial charge on any atom is -0.391 e. The third-order valence-corrected chi connectivity index (χ3v) is 3.59. The van der Waals surface area contributed by atoms with Gasteiger partial charge in [-0.15, -0.1) is 0 Å². The van der Waals surface area contributed by atoms with Gasteiger partial charge in [0.15, 0.2) is 0 Å². The van der Waals surface area contributed by atoms with E-state index in [-0.39, 0.29) is 17.9 Å². The summed E-state index contributed by atoms with van der Waals surface area (Å²) in [5, 5.41) is 9.73. The highest BCUT2D eigenvalue weighted by Crippen LogP contribution is 2.24. The zero-order chi connectivity index (χ0) is 10.8. The van der Waals surface area contributed by atoms with E-state index in [1.165, 1.54) is 0 Å². The summed E-state index contributed by atoms with van der Waals surface area (Å²) in [6.45, 7) is 3.38. The molecule has 84 valence electrons. The van der Waals surface area contributed by atoms with Crippen molar-refractivity contribution in [2.75, 3.05) is 13.1 Å². The third-order valence-electron chi connectivity index (χ3n) is 3.59. The highest BCUT2D eigenvalue weighted by molar-refractivity contribution is 5.79. The second kappa shape index (κ2) is 4.35. The lowest BCUT2D eigenvalue weighted by Gasteiger charge is -2.35. The standard InChI is InChI=1S/C12H19NO2/c1-9-6-7-13(8-11(9)14)12(15)10-4-2-3-5-10/h2-3,9-11,14H,4-8H2,1H3. The van der Waals surface area contributed by atoms with Gasteiger partial charge in [-0.3, -0.25) is 4.79 Å². The molecule has 2 unspecified atom stereocenters. The second-order valence-electron chi connectivity index (χ2n) is 4.76. The summed E-state index contributed by atoms with van der Waals surface area (Å²) in [5.74, 6) is 0.701. The number of aliphatic hydroxyl groups is 1. The molecular formula is C12H19NO2. The fraction of sp³-hybridized carbons (Fsp3) is 0.750. The van der Waals surface area contributed by atoms with Crippen molar-refractivity contribution in [3.8, 4) is 0 Å². The minimum absolute atomic E-state index is 0.144. The molecule has 0 bridgehead atoms. The fourth-order valence-electron chi connectivity index (χ4n) is 2.33. The van der Waals surface area contributed by atoms with Crippen LogP contribution in [0.1, 0.15) is 26.2 Å². The van der Waals surface area contributed by atoms with Gasteiger partial charge in [0.05, 0.1) is 6.10 Å². The van der Waals surface area contributed by atoms with E-state index < -0.39 is 0 Å². The van der Waals surface area contributed by atoms with E-state index in [0.717, 1.165) is 25.8 Å². The van der Waals surface area contributed by atoms with Crippen LogP contribution in [0.4, 0.5) is 0 Å². The van der Waals surface area contributed by atoms with Crippen molar-refractivity contribution in [1.29, 1.82) is 0 Å². The summed E-state index contributed by atoms with van der Waals surface area (Å²) in [5.41, 5.74) is 0. The topological polar surface area (TPSA) is 40.5 Å². The number of carbonyl (C=O) groups is 1. The first-order valence-electron chi connectivity index (χ1n) is 5.80. The van der Waals surface area contributed by atoms with Crippen molar-refractivity contribution in [3.63, 3.8) is 0 Å². The molecule has 0 spiro atoms. The van der Waals surface area contributed by atoms with E-state index in [9.17, 15) is 9.90 Å². The predicted octanol–water partition coefficient (Wildman–Crippen LogP) is 1.18. The first-order chi connectivity index (χ1) is 7.18. The average molecular weight is 209 g/mol. The number of carbonyl (C=O) groups excluding carboxylic acids is 1. The third kappa shape index (κ3) is 2.23. The molecule has 1 N–H and O–H groups in total. The number of amides is 1. The van der Waals surface area contributed by atoms with E-state index in [2.05, 4.69) is 12.2 Å². The number of β-amino-alcohol motifs (C(OH)–C–C–N with tert-alkyl or cyclic N) is 1. The summed E-state index contributed by atoms with van der Waals surface area (Å²) >= 11 is 0. The van der Waals surface area contributed by atoms with E-state index in [0.29, 0.717) is 12.5 Å². The summed E-state index contributed by atoms with van der Waals surface area (Å²) < 4.78 is 0. The van der Waals surface area contributed by atoms with E-state index in [1.54, 1.807) is 0 Å². The van der Waals surface area contributed by atoms with E-state index >= 15 is 0 Å². The summed E-state index contributed by atoms with van der Waals surface area (Å²) in [4.78, 5) is 13.9. The Morgan fingerprint density at radius 3 is 2.67 bits per heavy atom. The van der Waals surface area contributed by atoms with Crippen LogP contribution in [0.3, 0.4) is 0 Å². The normalized spacial score (nSPS) is 32.3. The lowest BCUT2D eigenvalue weighted by Crippen LogP contribution is -2.47. The van der Waals surface area contributed by atoms with Gasteiger partial charge in [-0.05, 0) is 25.2 Å². The first-order valence-corrected chi connectivity index (χ1v) is 5.80. The van der Waals surface area contributed by atoms with Crippen molar-refractivity contribution < 1.29 is 9.90 Å². The molecule has 3 heteroatoms. The van der Waals surface area contributed by atoms with Gasteiger partial charge in [-0.2, -0.15) is 0 Å². The SMILES string of the molecule is CC1CCN(C(=O)C2CC=CC2)CC1O. The second-order valence-corrected chi connectivity index (χ2v) is 4.76. The Labute approximate surface area is 90.8 Å². The summed E-state index contributed by atoms with van der Waals surface area (Å²) in [7, 11) is 0. The Kier molecular flexibility index (Phi) is 3.10. The van der Waals surface area contributed by atoms with Gasteiger partial charge >= 0.3 is 0 Å². The van der Waals surface area contributed by atoms with E-state index in [4.69, 9.17) is 0 Å². The molecule has 0 radical (unpaired) electrons. The molecule has 0 aromatic heterocycles. The van der Waals surface area contributed by atoms with Crippen LogP contribution >= 0.6 is 0 Å². The number of aliphatic hydroxyl groups excluding tert-OH is 1. The molecule has 0 aromatic rings. The molecule has 2 atom stereocenters. The van der Waals surface area contributed by atoms with Crippen molar-refractivity contribution in [1.82, 2.24) is 4.90 Å². The summed E-state index contributed by atoms with van der Waals surface area (Å²) in [6, 6.07) is 0. The lowest BCUT2D eigenvalue weighted by atomic mass is 9.94. The molecule has 15 heavy (non-hydrogen) atoms. The van der Waals surface area contributed by atoms with Crippen LogP contribution in [0, 0.1) is 11.8 Å². The molecule has 1 saturated heterocycles. The van der Waals surface area contributed by atoms with Gasteiger partial charge in [-0.25, -0.2) is 0 Å². The smallest absolute Gasteiger partial charge is 0.226 e. The Morgan fingerprint density at radius 2 is 2.07 bits per heavy atom.